The van der Waals surface area contributed by atoms with E-state index in [2.05, 4.69) is 12.1 Å². The van der Waals surface area contributed by atoms with Crippen molar-refractivity contribution in [2.75, 3.05) is 0 Å². The molecule has 0 bridgehead atoms. The molecular weight excluding hydrogens is 498 g/mol. The van der Waals surface area contributed by atoms with Crippen LogP contribution in [-0.4, -0.2) is 9.49 Å². The highest BCUT2D eigenvalue weighted by atomic mass is 35.5. The maximum Gasteiger partial charge on any atom is 0.271 e. The number of nitro benzene ring substituents is 1. The molecule has 1 aromatic heterocycles. The molecule has 2 heterocycles. The Hall–Kier alpha value is -4.01. The summed E-state index contributed by atoms with van der Waals surface area (Å²) in [6, 6.07) is 19.0. The smallest absolute Gasteiger partial charge is 0.271 e. The van der Waals surface area contributed by atoms with Crippen molar-refractivity contribution in [3.8, 4) is 5.75 Å². The van der Waals surface area contributed by atoms with Crippen LogP contribution in [0, 0.1) is 10.1 Å². The zero-order valence-electron chi connectivity index (χ0n) is 18.7. The average Bonchev–Trinajstić information content (AvgIpc) is 3.18. The van der Waals surface area contributed by atoms with Crippen LogP contribution in [0.2, 0.25) is 5.02 Å². The highest BCUT2D eigenvalue weighted by Gasteiger charge is 2.33. The summed E-state index contributed by atoms with van der Waals surface area (Å²) in [5.41, 5.74) is 4.58. The first-order chi connectivity index (χ1) is 17.4. The number of hydrogen-bond acceptors (Lipinski definition) is 6. The molecule has 0 spiro atoms. The van der Waals surface area contributed by atoms with Crippen molar-refractivity contribution >= 4 is 40.4 Å². The van der Waals surface area contributed by atoms with Gasteiger partial charge in [0, 0.05) is 16.7 Å². The van der Waals surface area contributed by atoms with Crippen molar-refractivity contribution in [2.45, 2.75) is 18.9 Å². The molecule has 3 aromatic carbocycles. The van der Waals surface area contributed by atoms with Crippen LogP contribution in [0.1, 0.15) is 34.7 Å². The van der Waals surface area contributed by atoms with Gasteiger partial charge in [-0.1, -0.05) is 77.5 Å². The Morgan fingerprint density at radius 3 is 2.67 bits per heavy atom. The number of hydrogen-bond donors (Lipinski definition) is 0. The van der Waals surface area contributed by atoms with E-state index in [-0.39, 0.29) is 5.56 Å². The third kappa shape index (κ3) is 3.57. The van der Waals surface area contributed by atoms with Crippen molar-refractivity contribution < 1.29 is 10.0 Å². The predicted molar refractivity (Wildman–Crippen MR) is 137 cm³/mol. The molecular formula is C27H17ClN3O4S-. The summed E-state index contributed by atoms with van der Waals surface area (Å²) in [4.78, 5) is 29.7. The number of nitrogens with zero attached hydrogens (tertiary/aromatic N) is 3. The Labute approximate surface area is 213 Å². The summed E-state index contributed by atoms with van der Waals surface area (Å²) in [5.74, 6) is -0.677. The number of benzene rings is 3. The minimum Gasteiger partial charge on any atom is -0.868 e. The first-order valence-corrected chi connectivity index (χ1v) is 12.4. The summed E-state index contributed by atoms with van der Waals surface area (Å²) in [5, 5.41) is 23.6. The molecule has 0 amide bonds. The van der Waals surface area contributed by atoms with E-state index in [1.54, 1.807) is 10.6 Å². The van der Waals surface area contributed by atoms with Crippen molar-refractivity contribution in [1.29, 1.82) is 0 Å². The van der Waals surface area contributed by atoms with Gasteiger partial charge in [0.25, 0.3) is 11.2 Å². The fourth-order valence-electron chi connectivity index (χ4n) is 4.91. The lowest BCUT2D eigenvalue weighted by atomic mass is 9.83. The average molecular weight is 515 g/mol. The molecule has 178 valence electrons. The van der Waals surface area contributed by atoms with Gasteiger partial charge in [0.15, 0.2) is 4.80 Å². The third-order valence-corrected chi connectivity index (χ3v) is 7.88. The van der Waals surface area contributed by atoms with Crippen molar-refractivity contribution in [2.24, 2.45) is 4.99 Å². The Balaban J connectivity index is 1.62. The van der Waals surface area contributed by atoms with E-state index < -0.39 is 22.4 Å². The van der Waals surface area contributed by atoms with E-state index >= 15 is 0 Å². The van der Waals surface area contributed by atoms with Crippen LogP contribution >= 0.6 is 22.9 Å². The summed E-state index contributed by atoms with van der Waals surface area (Å²) < 4.78 is 2.04. The molecule has 6 rings (SSSR count). The summed E-state index contributed by atoms with van der Waals surface area (Å²) in [6.45, 7) is 0. The van der Waals surface area contributed by atoms with Crippen molar-refractivity contribution in [3.63, 3.8) is 0 Å². The van der Waals surface area contributed by atoms with Crippen LogP contribution < -0.4 is 20.0 Å². The molecule has 7 nitrogen and oxygen atoms in total. The van der Waals surface area contributed by atoms with Gasteiger partial charge in [0.05, 0.1) is 21.2 Å². The molecule has 0 fully saturated rings. The molecule has 2 aliphatic rings. The normalized spacial score (nSPS) is 16.7. The maximum atomic E-state index is 13.7. The van der Waals surface area contributed by atoms with E-state index in [4.69, 9.17) is 16.6 Å². The van der Waals surface area contributed by atoms with Gasteiger partial charge in [-0.25, -0.2) is 4.99 Å². The van der Waals surface area contributed by atoms with Gasteiger partial charge < -0.3 is 5.11 Å². The monoisotopic (exact) mass is 514 g/mol. The summed E-state index contributed by atoms with van der Waals surface area (Å²) in [6.07, 6.45) is 3.14. The number of halogens is 1. The van der Waals surface area contributed by atoms with Crippen LogP contribution in [-0.2, 0) is 6.42 Å². The largest absolute Gasteiger partial charge is 0.868 e. The molecule has 9 heteroatoms. The van der Waals surface area contributed by atoms with Gasteiger partial charge in [0.2, 0.25) is 0 Å². The first kappa shape index (κ1) is 22.5. The number of allylic oxidation sites excluding steroid dienone is 1. The van der Waals surface area contributed by atoms with E-state index in [1.165, 1.54) is 29.0 Å². The Morgan fingerprint density at radius 1 is 1.08 bits per heavy atom. The fraction of sp³-hybridized carbons (Fsp3) is 0.111. The zero-order chi connectivity index (χ0) is 25.0. The Bertz CT molecular complexity index is 1790. The lowest BCUT2D eigenvalue weighted by Crippen LogP contribution is -2.38. The summed E-state index contributed by atoms with van der Waals surface area (Å²) in [7, 11) is 0. The number of rotatable bonds is 3. The van der Waals surface area contributed by atoms with Gasteiger partial charge in [-0.2, -0.15) is 0 Å². The molecule has 1 aliphatic carbocycles. The predicted octanol–water partition coefficient (Wildman–Crippen LogP) is 3.95. The second-order valence-electron chi connectivity index (χ2n) is 8.62. The Morgan fingerprint density at radius 2 is 1.86 bits per heavy atom. The number of aromatic nitrogens is 1. The SMILES string of the molecule is O=c1/c(=C\c2ccc([O-])c([N+](=O)[O-])c2)sc2n1[C@@H](c1ccccc1Cl)C1=C(N=2)c2ccccc2CC1. The topological polar surface area (TPSA) is 101 Å². The second kappa shape index (κ2) is 8.58. The van der Waals surface area contributed by atoms with Crippen LogP contribution in [0.4, 0.5) is 5.69 Å². The number of nitro groups is 1. The van der Waals surface area contributed by atoms with Gasteiger partial charge in [-0.05, 0) is 53.0 Å². The van der Waals surface area contributed by atoms with Crippen LogP contribution in [0.5, 0.6) is 5.75 Å². The molecule has 36 heavy (non-hydrogen) atoms. The molecule has 0 radical (unpaired) electrons. The molecule has 0 saturated heterocycles. The van der Waals surface area contributed by atoms with E-state index in [0.717, 1.165) is 41.3 Å². The van der Waals surface area contributed by atoms with Gasteiger partial charge >= 0.3 is 0 Å². The number of thiazole rings is 1. The quantitative estimate of drug-likeness (QED) is 0.305. The highest BCUT2D eigenvalue weighted by molar-refractivity contribution is 7.07. The fourth-order valence-corrected chi connectivity index (χ4v) is 6.15. The minimum atomic E-state index is -0.718. The molecule has 1 aliphatic heterocycles. The molecule has 0 saturated carbocycles. The molecule has 0 N–H and O–H groups in total. The maximum absolute atomic E-state index is 13.7. The lowest BCUT2D eigenvalue weighted by molar-refractivity contribution is -0.398. The van der Waals surface area contributed by atoms with Crippen LogP contribution in [0.25, 0.3) is 11.8 Å². The first-order valence-electron chi connectivity index (χ1n) is 11.3. The number of fused-ring (bicyclic) bond motifs is 3. The van der Waals surface area contributed by atoms with Crippen molar-refractivity contribution in [3.05, 3.63) is 129 Å². The van der Waals surface area contributed by atoms with Crippen LogP contribution in [0.3, 0.4) is 0 Å². The molecule has 1 atom stereocenters. The standard InChI is InChI=1S/C27H18ClN3O4S/c28-20-8-4-3-7-18(20)25-19-11-10-16-5-1-2-6-17(16)24(19)29-27-30(25)26(33)23(36-27)14-15-9-12-22(32)21(13-15)31(34)35/h1-9,12-14,25,32H,10-11H2/p-1/b23-14+/t25-/m0/s1. The third-order valence-electron chi connectivity index (χ3n) is 6.55. The number of aryl methyl sites for hydroxylation is 1. The lowest BCUT2D eigenvalue weighted by Gasteiger charge is -2.31. The van der Waals surface area contributed by atoms with Gasteiger partial charge in [0.1, 0.15) is 0 Å². The molecule has 0 unspecified atom stereocenters. The van der Waals surface area contributed by atoms with E-state index in [0.29, 0.717) is 19.9 Å². The van der Waals surface area contributed by atoms with Gasteiger partial charge in [-0.3, -0.25) is 19.5 Å². The minimum absolute atomic E-state index is 0.261. The zero-order valence-corrected chi connectivity index (χ0v) is 20.3. The van der Waals surface area contributed by atoms with E-state index in [1.807, 2.05) is 36.4 Å². The van der Waals surface area contributed by atoms with Crippen LogP contribution in [0.15, 0.2) is 82.1 Å². The summed E-state index contributed by atoms with van der Waals surface area (Å²) >= 11 is 7.85. The molecule has 4 aromatic rings. The Kier molecular flexibility index (Phi) is 5.35. The van der Waals surface area contributed by atoms with E-state index in [9.17, 15) is 20.0 Å². The van der Waals surface area contributed by atoms with Gasteiger partial charge in [-0.15, -0.1) is 0 Å². The second-order valence-corrected chi connectivity index (χ2v) is 10.0. The highest BCUT2D eigenvalue weighted by Crippen LogP contribution is 2.42. The van der Waals surface area contributed by atoms with Crippen molar-refractivity contribution in [1.82, 2.24) is 4.57 Å².